The first-order valence-corrected chi connectivity index (χ1v) is 7.43. The van der Waals surface area contributed by atoms with Crippen LogP contribution in [0.25, 0.3) is 0 Å². The molecule has 0 atom stereocenters. The number of nitrogens with one attached hydrogen (secondary N) is 1. The molecule has 19 heavy (non-hydrogen) atoms. The fourth-order valence-corrected chi connectivity index (χ4v) is 2.49. The lowest BCUT2D eigenvalue weighted by Crippen LogP contribution is -2.14. The fourth-order valence-electron chi connectivity index (χ4n) is 1.52. The van der Waals surface area contributed by atoms with E-state index in [4.69, 9.17) is 11.6 Å². The van der Waals surface area contributed by atoms with Gasteiger partial charge in [0.05, 0.1) is 5.02 Å². The highest BCUT2D eigenvalue weighted by Gasteiger charge is 2.04. The maximum Gasteiger partial charge on any atom is 0.192 e. The van der Waals surface area contributed by atoms with E-state index in [1.54, 1.807) is 0 Å². The molecule has 1 aromatic heterocycles. The molecule has 1 aromatic carbocycles. The first-order valence-electron chi connectivity index (χ1n) is 6.23. The zero-order chi connectivity index (χ0) is 13.5. The third-order valence-corrected chi connectivity index (χ3v) is 3.89. The molecular formula is C14H16ClN3S. The van der Waals surface area contributed by atoms with Crippen LogP contribution < -0.4 is 5.32 Å². The number of hydrogen-bond acceptors (Lipinski definition) is 4. The number of halogens is 1. The summed E-state index contributed by atoms with van der Waals surface area (Å²) in [5.74, 6) is 0. The summed E-state index contributed by atoms with van der Waals surface area (Å²) in [6.07, 6.45) is 4.84. The third-order valence-electron chi connectivity index (χ3n) is 2.48. The van der Waals surface area contributed by atoms with Crippen LogP contribution in [0.2, 0.25) is 5.02 Å². The topological polar surface area (TPSA) is 37.8 Å². The van der Waals surface area contributed by atoms with Crippen LogP contribution in [0.1, 0.15) is 18.9 Å². The molecular weight excluding hydrogens is 278 g/mol. The van der Waals surface area contributed by atoms with Crippen molar-refractivity contribution in [3.05, 3.63) is 47.2 Å². The zero-order valence-electron chi connectivity index (χ0n) is 10.8. The van der Waals surface area contributed by atoms with E-state index in [1.807, 2.05) is 36.7 Å². The van der Waals surface area contributed by atoms with Gasteiger partial charge < -0.3 is 5.32 Å². The summed E-state index contributed by atoms with van der Waals surface area (Å²) >= 11 is 7.58. The highest BCUT2D eigenvalue weighted by atomic mass is 35.5. The quantitative estimate of drug-likeness (QED) is 0.650. The van der Waals surface area contributed by atoms with Crippen LogP contribution in [0.3, 0.4) is 0 Å². The standard InChI is InChI=1S/C14H16ClN3S/c1-2-7-16-8-11-9-17-14(18-10-11)19-13-6-4-3-5-12(13)15/h3-6,9-10,16H,2,7-8H2,1H3. The van der Waals surface area contributed by atoms with Gasteiger partial charge in [0.25, 0.3) is 0 Å². The summed E-state index contributed by atoms with van der Waals surface area (Å²) in [6, 6.07) is 7.70. The Bertz CT molecular complexity index is 516. The van der Waals surface area contributed by atoms with Gasteiger partial charge in [0.15, 0.2) is 5.16 Å². The molecule has 3 nitrogen and oxygen atoms in total. The van der Waals surface area contributed by atoms with Gasteiger partial charge in [-0.05, 0) is 36.9 Å². The van der Waals surface area contributed by atoms with Crippen LogP contribution in [-0.2, 0) is 6.54 Å². The average Bonchev–Trinajstić information content (AvgIpc) is 2.44. The van der Waals surface area contributed by atoms with Gasteiger partial charge in [-0.2, -0.15) is 0 Å². The van der Waals surface area contributed by atoms with E-state index >= 15 is 0 Å². The van der Waals surface area contributed by atoms with Crippen molar-refractivity contribution >= 4 is 23.4 Å². The van der Waals surface area contributed by atoms with E-state index in [0.29, 0.717) is 5.16 Å². The van der Waals surface area contributed by atoms with Crippen LogP contribution in [0.5, 0.6) is 0 Å². The van der Waals surface area contributed by atoms with Crippen molar-refractivity contribution in [3.63, 3.8) is 0 Å². The second-order valence-corrected chi connectivity index (χ2v) is 5.50. The molecule has 0 unspecified atom stereocenters. The van der Waals surface area contributed by atoms with Crippen LogP contribution in [-0.4, -0.2) is 16.5 Å². The van der Waals surface area contributed by atoms with Gasteiger partial charge in [-0.1, -0.05) is 30.7 Å². The van der Waals surface area contributed by atoms with Crippen LogP contribution in [0.4, 0.5) is 0 Å². The third kappa shape index (κ3) is 4.49. The first-order chi connectivity index (χ1) is 9.29. The Kier molecular flexibility index (Phi) is 5.63. The normalized spacial score (nSPS) is 10.6. The Morgan fingerprint density at radius 1 is 1.21 bits per heavy atom. The maximum absolute atomic E-state index is 6.10. The van der Waals surface area contributed by atoms with Gasteiger partial charge in [0, 0.05) is 29.4 Å². The van der Waals surface area contributed by atoms with Gasteiger partial charge in [0.2, 0.25) is 0 Å². The van der Waals surface area contributed by atoms with Gasteiger partial charge in [0.1, 0.15) is 0 Å². The van der Waals surface area contributed by atoms with E-state index in [9.17, 15) is 0 Å². The number of rotatable bonds is 6. The number of hydrogen-bond donors (Lipinski definition) is 1. The Balaban J connectivity index is 1.97. The van der Waals surface area contributed by atoms with Crippen molar-refractivity contribution in [2.45, 2.75) is 29.9 Å². The van der Waals surface area contributed by atoms with Crippen molar-refractivity contribution in [1.29, 1.82) is 0 Å². The second kappa shape index (κ2) is 7.48. The summed E-state index contributed by atoms with van der Waals surface area (Å²) in [7, 11) is 0. The van der Waals surface area contributed by atoms with Crippen molar-refractivity contribution in [2.24, 2.45) is 0 Å². The van der Waals surface area contributed by atoms with Crippen LogP contribution in [0.15, 0.2) is 46.7 Å². The molecule has 0 aliphatic rings. The molecule has 1 N–H and O–H groups in total. The van der Waals surface area contributed by atoms with Crippen molar-refractivity contribution in [1.82, 2.24) is 15.3 Å². The SMILES string of the molecule is CCCNCc1cnc(Sc2ccccc2Cl)nc1. The Hall–Kier alpha value is -1.10. The van der Waals surface area contributed by atoms with Gasteiger partial charge in [-0.3, -0.25) is 0 Å². The van der Waals surface area contributed by atoms with Gasteiger partial charge in [-0.25, -0.2) is 9.97 Å². The molecule has 2 rings (SSSR count). The predicted octanol–water partition coefficient (Wildman–Crippen LogP) is 3.78. The molecule has 0 fully saturated rings. The molecule has 0 radical (unpaired) electrons. The minimum absolute atomic E-state index is 0.715. The van der Waals surface area contributed by atoms with Gasteiger partial charge >= 0.3 is 0 Å². The molecule has 2 aromatic rings. The minimum Gasteiger partial charge on any atom is -0.313 e. The Morgan fingerprint density at radius 3 is 2.63 bits per heavy atom. The van der Waals surface area contributed by atoms with Crippen molar-refractivity contribution < 1.29 is 0 Å². The lowest BCUT2D eigenvalue weighted by Gasteiger charge is -2.04. The van der Waals surface area contributed by atoms with E-state index in [2.05, 4.69) is 22.2 Å². The number of benzene rings is 1. The summed E-state index contributed by atoms with van der Waals surface area (Å²) in [4.78, 5) is 9.67. The zero-order valence-corrected chi connectivity index (χ0v) is 12.3. The highest BCUT2D eigenvalue weighted by Crippen LogP contribution is 2.30. The van der Waals surface area contributed by atoms with E-state index in [0.717, 1.165) is 35.0 Å². The lowest BCUT2D eigenvalue weighted by atomic mass is 10.3. The average molecular weight is 294 g/mol. The fraction of sp³-hybridized carbons (Fsp3) is 0.286. The monoisotopic (exact) mass is 293 g/mol. The molecule has 0 aliphatic carbocycles. The van der Waals surface area contributed by atoms with Crippen LogP contribution >= 0.6 is 23.4 Å². The second-order valence-electron chi connectivity index (χ2n) is 4.08. The molecule has 0 saturated carbocycles. The molecule has 0 saturated heterocycles. The summed E-state index contributed by atoms with van der Waals surface area (Å²) in [6.45, 7) is 3.97. The van der Waals surface area contributed by atoms with E-state index < -0.39 is 0 Å². The molecule has 1 heterocycles. The highest BCUT2D eigenvalue weighted by molar-refractivity contribution is 7.99. The lowest BCUT2D eigenvalue weighted by molar-refractivity contribution is 0.669. The summed E-state index contributed by atoms with van der Waals surface area (Å²) in [5.41, 5.74) is 1.09. The largest absolute Gasteiger partial charge is 0.313 e. The summed E-state index contributed by atoms with van der Waals surface area (Å²) < 4.78 is 0. The van der Waals surface area contributed by atoms with Crippen molar-refractivity contribution in [3.8, 4) is 0 Å². The Morgan fingerprint density at radius 2 is 1.95 bits per heavy atom. The van der Waals surface area contributed by atoms with E-state index in [-0.39, 0.29) is 0 Å². The maximum atomic E-state index is 6.10. The van der Waals surface area contributed by atoms with Gasteiger partial charge in [-0.15, -0.1) is 0 Å². The molecule has 5 heteroatoms. The molecule has 100 valence electrons. The Labute approximate surface area is 122 Å². The van der Waals surface area contributed by atoms with Crippen molar-refractivity contribution in [2.75, 3.05) is 6.54 Å². The van der Waals surface area contributed by atoms with E-state index in [1.165, 1.54) is 11.8 Å². The molecule has 0 bridgehead atoms. The minimum atomic E-state index is 0.715. The summed E-state index contributed by atoms with van der Waals surface area (Å²) in [5, 5.41) is 4.76. The first kappa shape index (κ1) is 14.3. The molecule has 0 spiro atoms. The number of nitrogens with zero attached hydrogens (tertiary/aromatic N) is 2. The molecule has 0 aliphatic heterocycles. The molecule has 0 amide bonds. The number of aromatic nitrogens is 2. The predicted molar refractivity (Wildman–Crippen MR) is 79.6 cm³/mol. The van der Waals surface area contributed by atoms with Crippen LogP contribution in [0, 0.1) is 0 Å². The smallest absolute Gasteiger partial charge is 0.192 e.